The molecule has 3 nitrogen and oxygen atoms in total. The zero-order chi connectivity index (χ0) is 13.5. The lowest BCUT2D eigenvalue weighted by Crippen LogP contribution is -2.03. The summed E-state index contributed by atoms with van der Waals surface area (Å²) in [6.45, 7) is 6.05. The van der Waals surface area contributed by atoms with Gasteiger partial charge in [-0.3, -0.25) is 4.98 Å². The van der Waals surface area contributed by atoms with Crippen molar-refractivity contribution in [3.63, 3.8) is 0 Å². The number of nitrogens with zero attached hydrogens (tertiary/aromatic N) is 1. The van der Waals surface area contributed by atoms with Gasteiger partial charge in [-0.1, -0.05) is 36.8 Å². The highest BCUT2D eigenvalue weighted by Gasteiger charge is 1.97. The molecule has 100 valence electrons. The number of rotatable bonds is 6. The molecule has 0 spiro atoms. The van der Waals surface area contributed by atoms with Gasteiger partial charge in [-0.15, -0.1) is 0 Å². The smallest absolute Gasteiger partial charge is 0.0550 e. The average molecular weight is 255 g/mol. The first-order valence-corrected chi connectivity index (χ1v) is 6.76. The predicted molar refractivity (Wildman–Crippen MR) is 81.5 cm³/mol. The Hall–Kier alpha value is -2.03. The van der Waals surface area contributed by atoms with E-state index in [1.54, 1.807) is 0 Å². The van der Waals surface area contributed by atoms with Crippen LogP contribution in [-0.4, -0.2) is 11.5 Å². The first-order valence-electron chi connectivity index (χ1n) is 6.76. The minimum atomic E-state index is 0.819. The number of benzene rings is 1. The number of aryl methyl sites for hydroxylation is 1. The minimum absolute atomic E-state index is 0.819. The summed E-state index contributed by atoms with van der Waals surface area (Å²) in [4.78, 5) is 4.24. The number of nitrogens with one attached hydrogen (secondary N) is 2. The first-order chi connectivity index (χ1) is 9.28. The van der Waals surface area contributed by atoms with Crippen molar-refractivity contribution in [2.45, 2.75) is 26.8 Å². The van der Waals surface area contributed by atoms with Gasteiger partial charge < -0.3 is 10.6 Å². The highest BCUT2D eigenvalue weighted by molar-refractivity contribution is 5.54. The Balaban J connectivity index is 1.93. The summed E-state index contributed by atoms with van der Waals surface area (Å²) in [5, 5.41) is 6.73. The molecule has 1 aromatic carbocycles. The molecule has 3 heteroatoms. The summed E-state index contributed by atoms with van der Waals surface area (Å²) in [5.74, 6) is 0. The maximum Gasteiger partial charge on any atom is 0.0550 e. The van der Waals surface area contributed by atoms with E-state index < -0.39 is 0 Å². The van der Waals surface area contributed by atoms with Crippen LogP contribution in [0.2, 0.25) is 0 Å². The molecule has 0 fully saturated rings. The maximum atomic E-state index is 4.24. The van der Waals surface area contributed by atoms with Crippen LogP contribution in [0.1, 0.15) is 24.5 Å². The highest BCUT2D eigenvalue weighted by atomic mass is 14.9. The summed E-state index contributed by atoms with van der Waals surface area (Å²) in [6, 6.07) is 10.7. The van der Waals surface area contributed by atoms with Crippen molar-refractivity contribution in [1.29, 1.82) is 0 Å². The molecule has 0 bridgehead atoms. The van der Waals surface area contributed by atoms with E-state index in [9.17, 15) is 0 Å². The van der Waals surface area contributed by atoms with E-state index in [1.165, 1.54) is 11.1 Å². The van der Waals surface area contributed by atoms with E-state index >= 15 is 0 Å². The van der Waals surface area contributed by atoms with E-state index in [1.807, 2.05) is 12.4 Å². The Morgan fingerprint density at radius 1 is 1.00 bits per heavy atom. The van der Waals surface area contributed by atoms with Crippen molar-refractivity contribution >= 4 is 11.4 Å². The van der Waals surface area contributed by atoms with Crippen molar-refractivity contribution in [2.24, 2.45) is 0 Å². The van der Waals surface area contributed by atoms with Crippen molar-refractivity contribution in [2.75, 3.05) is 17.2 Å². The van der Waals surface area contributed by atoms with E-state index in [0.29, 0.717) is 0 Å². The van der Waals surface area contributed by atoms with Gasteiger partial charge in [0, 0.05) is 13.1 Å². The van der Waals surface area contributed by atoms with Gasteiger partial charge in [0.15, 0.2) is 0 Å². The monoisotopic (exact) mass is 255 g/mol. The molecule has 2 rings (SSSR count). The Labute approximate surface area is 115 Å². The minimum Gasteiger partial charge on any atom is -0.384 e. The molecule has 0 aliphatic carbocycles. The van der Waals surface area contributed by atoms with Crippen LogP contribution in [-0.2, 0) is 6.54 Å². The fourth-order valence-electron chi connectivity index (χ4n) is 1.81. The van der Waals surface area contributed by atoms with Crippen LogP contribution in [0, 0.1) is 6.92 Å². The molecule has 1 aromatic heterocycles. The van der Waals surface area contributed by atoms with Crippen molar-refractivity contribution in [3.8, 4) is 0 Å². The number of hydrogen-bond acceptors (Lipinski definition) is 3. The Morgan fingerprint density at radius 3 is 2.37 bits per heavy atom. The quantitative estimate of drug-likeness (QED) is 0.824. The zero-order valence-corrected chi connectivity index (χ0v) is 11.6. The predicted octanol–water partition coefficient (Wildman–Crippen LogP) is 3.82. The standard InChI is InChI=1S/C16H21N3/c1-3-8-18-15-9-16(12-17-11-15)19-10-14-6-4-13(2)5-7-14/h4-7,9,11-12,18-19H,3,8,10H2,1-2H3. The summed E-state index contributed by atoms with van der Waals surface area (Å²) in [6.07, 6.45) is 4.82. The number of aromatic nitrogens is 1. The lowest BCUT2D eigenvalue weighted by molar-refractivity contribution is 0.977. The van der Waals surface area contributed by atoms with Gasteiger partial charge in [0.25, 0.3) is 0 Å². The van der Waals surface area contributed by atoms with Crippen molar-refractivity contribution in [1.82, 2.24) is 4.98 Å². The summed E-state index contributed by atoms with van der Waals surface area (Å²) >= 11 is 0. The zero-order valence-electron chi connectivity index (χ0n) is 11.6. The van der Waals surface area contributed by atoms with Gasteiger partial charge in [-0.05, 0) is 25.0 Å². The van der Waals surface area contributed by atoms with Crippen LogP contribution in [0.15, 0.2) is 42.7 Å². The number of pyridine rings is 1. The van der Waals surface area contributed by atoms with Gasteiger partial charge in [0.1, 0.15) is 0 Å². The van der Waals surface area contributed by atoms with Crippen LogP contribution in [0.4, 0.5) is 11.4 Å². The third-order valence-electron chi connectivity index (χ3n) is 2.93. The molecule has 0 saturated carbocycles. The van der Waals surface area contributed by atoms with Crippen LogP contribution in [0.3, 0.4) is 0 Å². The fraction of sp³-hybridized carbons (Fsp3) is 0.312. The van der Waals surface area contributed by atoms with Gasteiger partial charge in [0.05, 0.1) is 23.8 Å². The van der Waals surface area contributed by atoms with Crippen LogP contribution in [0.5, 0.6) is 0 Å². The van der Waals surface area contributed by atoms with Crippen LogP contribution in [0.25, 0.3) is 0 Å². The Morgan fingerprint density at radius 2 is 1.68 bits per heavy atom. The van der Waals surface area contributed by atoms with E-state index in [4.69, 9.17) is 0 Å². The molecule has 19 heavy (non-hydrogen) atoms. The molecule has 0 saturated heterocycles. The first kappa shape index (κ1) is 13.4. The van der Waals surface area contributed by atoms with Gasteiger partial charge >= 0.3 is 0 Å². The summed E-state index contributed by atoms with van der Waals surface area (Å²) in [5.41, 5.74) is 4.67. The molecule has 2 aromatic rings. The van der Waals surface area contributed by atoms with Crippen LogP contribution >= 0.6 is 0 Å². The number of hydrogen-bond donors (Lipinski definition) is 2. The van der Waals surface area contributed by atoms with Gasteiger partial charge in [-0.2, -0.15) is 0 Å². The third-order valence-corrected chi connectivity index (χ3v) is 2.93. The SMILES string of the molecule is CCCNc1cncc(NCc2ccc(C)cc2)c1. The van der Waals surface area contributed by atoms with E-state index in [0.717, 1.165) is 30.9 Å². The third kappa shape index (κ3) is 4.28. The summed E-state index contributed by atoms with van der Waals surface area (Å²) < 4.78 is 0. The topological polar surface area (TPSA) is 37.0 Å². The Kier molecular flexibility index (Phi) is 4.78. The molecule has 0 atom stereocenters. The van der Waals surface area contributed by atoms with Crippen LogP contribution < -0.4 is 10.6 Å². The second-order valence-electron chi connectivity index (χ2n) is 4.73. The molecule has 1 heterocycles. The maximum absolute atomic E-state index is 4.24. The molecule has 0 aliphatic heterocycles. The second-order valence-corrected chi connectivity index (χ2v) is 4.73. The van der Waals surface area contributed by atoms with Gasteiger partial charge in [0.2, 0.25) is 0 Å². The molecule has 2 N–H and O–H groups in total. The molecule has 0 aliphatic rings. The average Bonchev–Trinajstić information content (AvgIpc) is 2.45. The lowest BCUT2D eigenvalue weighted by Gasteiger charge is -2.09. The molecular formula is C16H21N3. The second kappa shape index (κ2) is 6.78. The largest absolute Gasteiger partial charge is 0.384 e. The summed E-state index contributed by atoms with van der Waals surface area (Å²) in [7, 11) is 0. The highest BCUT2D eigenvalue weighted by Crippen LogP contribution is 2.14. The fourth-order valence-corrected chi connectivity index (χ4v) is 1.81. The Bertz CT molecular complexity index is 506. The van der Waals surface area contributed by atoms with Crippen molar-refractivity contribution in [3.05, 3.63) is 53.9 Å². The van der Waals surface area contributed by atoms with E-state index in [-0.39, 0.29) is 0 Å². The lowest BCUT2D eigenvalue weighted by atomic mass is 10.1. The molecule has 0 unspecified atom stereocenters. The normalized spacial score (nSPS) is 10.2. The van der Waals surface area contributed by atoms with Crippen molar-refractivity contribution < 1.29 is 0 Å². The molecule has 0 amide bonds. The number of anilines is 2. The van der Waals surface area contributed by atoms with E-state index in [2.05, 4.69) is 59.8 Å². The molecular weight excluding hydrogens is 234 g/mol. The molecule has 0 radical (unpaired) electrons. The van der Waals surface area contributed by atoms with Gasteiger partial charge in [-0.25, -0.2) is 0 Å².